The molecule has 5 nitrogen and oxygen atoms in total. The maximum Gasteiger partial charge on any atom is 0.200 e. The van der Waals surface area contributed by atoms with Crippen molar-refractivity contribution in [3.05, 3.63) is 23.8 Å². The molecule has 0 saturated heterocycles. The first kappa shape index (κ1) is 15.4. The Hall–Kier alpha value is -1.04. The van der Waals surface area contributed by atoms with E-state index in [4.69, 9.17) is 14.2 Å². The molecule has 20 heavy (non-hydrogen) atoms. The summed E-state index contributed by atoms with van der Waals surface area (Å²) in [5.41, 5.74) is 0.734. The summed E-state index contributed by atoms with van der Waals surface area (Å²) in [6, 6.07) is 1.81. The van der Waals surface area contributed by atoms with E-state index in [-0.39, 0.29) is 6.10 Å². The van der Waals surface area contributed by atoms with Crippen molar-refractivity contribution in [2.24, 2.45) is 5.92 Å². The molecule has 1 heterocycles. The zero-order valence-electron chi connectivity index (χ0n) is 12.5. The highest BCUT2D eigenvalue weighted by atomic mass is 16.7. The summed E-state index contributed by atoms with van der Waals surface area (Å²) in [7, 11) is 4.94. The van der Waals surface area contributed by atoms with Crippen LogP contribution in [0.25, 0.3) is 0 Å². The van der Waals surface area contributed by atoms with Crippen molar-refractivity contribution in [3.8, 4) is 0 Å². The summed E-state index contributed by atoms with van der Waals surface area (Å²) in [4.78, 5) is 8.96. The number of ether oxygens (including phenoxy) is 3. The fourth-order valence-electron chi connectivity index (χ4n) is 2.94. The first-order valence-corrected chi connectivity index (χ1v) is 7.21. The van der Waals surface area contributed by atoms with E-state index in [9.17, 15) is 0 Å². The molecule has 1 aromatic heterocycles. The van der Waals surface area contributed by atoms with E-state index in [0.717, 1.165) is 11.5 Å². The van der Waals surface area contributed by atoms with Crippen molar-refractivity contribution in [1.82, 2.24) is 9.97 Å². The highest BCUT2D eigenvalue weighted by Gasteiger charge is 2.27. The molecule has 1 unspecified atom stereocenters. The molecule has 1 aromatic rings. The van der Waals surface area contributed by atoms with E-state index in [1.54, 1.807) is 27.5 Å². The molecule has 1 fully saturated rings. The molecule has 0 amide bonds. The highest BCUT2D eigenvalue weighted by Crippen LogP contribution is 2.35. The van der Waals surface area contributed by atoms with Crippen LogP contribution >= 0.6 is 0 Å². The predicted octanol–water partition coefficient (Wildman–Crippen LogP) is 3.04. The number of nitrogens with zero attached hydrogens (tertiary/aromatic N) is 2. The third-order valence-corrected chi connectivity index (χ3v) is 3.95. The van der Waals surface area contributed by atoms with Gasteiger partial charge in [0.15, 0.2) is 5.82 Å². The van der Waals surface area contributed by atoms with Gasteiger partial charge in [-0.3, -0.25) is 0 Å². The Balaban J connectivity index is 2.18. The molecular formula is C15H24N2O3. The van der Waals surface area contributed by atoms with E-state index in [1.165, 1.54) is 32.1 Å². The molecule has 1 aliphatic carbocycles. The molecule has 0 aromatic carbocycles. The molecule has 0 radical (unpaired) electrons. The van der Waals surface area contributed by atoms with Gasteiger partial charge in [-0.1, -0.05) is 19.3 Å². The first-order valence-electron chi connectivity index (χ1n) is 7.21. The number of methoxy groups -OCH3 is 3. The maximum atomic E-state index is 5.67. The number of hydrogen-bond acceptors (Lipinski definition) is 5. The van der Waals surface area contributed by atoms with Crippen LogP contribution in [0.5, 0.6) is 0 Å². The normalized spacial score (nSPS) is 18.4. The second-order valence-corrected chi connectivity index (χ2v) is 5.20. The standard InChI is InChI=1S/C15H24N2O3/c1-18-13(11-7-5-4-6-8-11)14-16-10-9-12(17-14)15(19-2)20-3/h9-11,13,15H,4-8H2,1-3H3. The molecule has 0 bridgehead atoms. The SMILES string of the molecule is COC(OC)c1ccnc(C(OC)C2CCCCC2)n1. The lowest BCUT2D eigenvalue weighted by atomic mass is 9.85. The zero-order valence-corrected chi connectivity index (χ0v) is 12.5. The van der Waals surface area contributed by atoms with Gasteiger partial charge in [0, 0.05) is 27.5 Å². The average molecular weight is 280 g/mol. The molecule has 1 atom stereocenters. The van der Waals surface area contributed by atoms with Crippen LogP contribution in [-0.2, 0) is 14.2 Å². The maximum absolute atomic E-state index is 5.67. The van der Waals surface area contributed by atoms with Crippen LogP contribution in [0.1, 0.15) is 56.0 Å². The molecule has 112 valence electrons. The van der Waals surface area contributed by atoms with Gasteiger partial charge in [-0.2, -0.15) is 0 Å². The van der Waals surface area contributed by atoms with Gasteiger partial charge in [0.1, 0.15) is 11.8 Å². The summed E-state index contributed by atoms with van der Waals surface area (Å²) >= 11 is 0. The van der Waals surface area contributed by atoms with Crippen LogP contribution in [0.3, 0.4) is 0 Å². The van der Waals surface area contributed by atoms with E-state index >= 15 is 0 Å². The summed E-state index contributed by atoms with van der Waals surface area (Å²) in [5.74, 6) is 1.24. The third kappa shape index (κ3) is 3.53. The van der Waals surface area contributed by atoms with Crippen molar-refractivity contribution >= 4 is 0 Å². The van der Waals surface area contributed by atoms with Gasteiger partial charge in [0.2, 0.25) is 6.29 Å². The Labute approximate surface area is 120 Å². The second kappa shape index (κ2) is 7.67. The van der Waals surface area contributed by atoms with Crippen molar-refractivity contribution in [2.45, 2.75) is 44.5 Å². The minimum Gasteiger partial charge on any atom is -0.373 e. The minimum absolute atomic E-state index is 0.0374. The average Bonchev–Trinajstić information content (AvgIpc) is 2.51. The predicted molar refractivity (Wildman–Crippen MR) is 75.1 cm³/mol. The van der Waals surface area contributed by atoms with E-state index in [0.29, 0.717) is 5.92 Å². The largest absolute Gasteiger partial charge is 0.373 e. The Morgan fingerprint density at radius 3 is 2.35 bits per heavy atom. The van der Waals surface area contributed by atoms with Crippen LogP contribution in [0.2, 0.25) is 0 Å². The van der Waals surface area contributed by atoms with Gasteiger partial charge in [0.05, 0.1) is 0 Å². The number of hydrogen-bond donors (Lipinski definition) is 0. The van der Waals surface area contributed by atoms with Gasteiger partial charge in [-0.15, -0.1) is 0 Å². The van der Waals surface area contributed by atoms with Gasteiger partial charge >= 0.3 is 0 Å². The van der Waals surface area contributed by atoms with Gasteiger partial charge < -0.3 is 14.2 Å². The molecular weight excluding hydrogens is 256 g/mol. The highest BCUT2D eigenvalue weighted by molar-refractivity contribution is 5.06. The first-order chi connectivity index (χ1) is 9.80. The lowest BCUT2D eigenvalue weighted by molar-refractivity contribution is -0.109. The Kier molecular flexibility index (Phi) is 5.88. The quantitative estimate of drug-likeness (QED) is 0.750. The molecule has 2 rings (SSSR count). The lowest BCUT2D eigenvalue weighted by Crippen LogP contribution is -2.21. The third-order valence-electron chi connectivity index (χ3n) is 3.95. The second-order valence-electron chi connectivity index (χ2n) is 5.20. The molecule has 0 spiro atoms. The van der Waals surface area contributed by atoms with Crippen molar-refractivity contribution in [3.63, 3.8) is 0 Å². The fraction of sp³-hybridized carbons (Fsp3) is 0.733. The Morgan fingerprint density at radius 2 is 1.75 bits per heavy atom. The van der Waals surface area contributed by atoms with Crippen molar-refractivity contribution < 1.29 is 14.2 Å². The summed E-state index contributed by atoms with van der Waals surface area (Å²) in [6.45, 7) is 0. The van der Waals surface area contributed by atoms with Crippen LogP contribution < -0.4 is 0 Å². The molecule has 1 saturated carbocycles. The smallest absolute Gasteiger partial charge is 0.200 e. The Bertz CT molecular complexity index is 404. The molecule has 1 aliphatic rings. The zero-order chi connectivity index (χ0) is 14.4. The molecule has 5 heteroatoms. The lowest BCUT2D eigenvalue weighted by Gasteiger charge is -2.28. The van der Waals surface area contributed by atoms with Gasteiger partial charge in [-0.05, 0) is 24.8 Å². The van der Waals surface area contributed by atoms with E-state index in [2.05, 4.69) is 9.97 Å². The van der Waals surface area contributed by atoms with E-state index < -0.39 is 6.29 Å². The Morgan fingerprint density at radius 1 is 1.05 bits per heavy atom. The summed E-state index contributed by atoms with van der Waals surface area (Å²) < 4.78 is 16.2. The summed E-state index contributed by atoms with van der Waals surface area (Å²) in [5, 5.41) is 0. The van der Waals surface area contributed by atoms with E-state index in [1.807, 2.05) is 6.07 Å². The van der Waals surface area contributed by atoms with Crippen LogP contribution in [0.15, 0.2) is 12.3 Å². The van der Waals surface area contributed by atoms with Crippen molar-refractivity contribution in [2.75, 3.05) is 21.3 Å². The van der Waals surface area contributed by atoms with Crippen LogP contribution in [0, 0.1) is 5.92 Å². The molecule has 0 aliphatic heterocycles. The van der Waals surface area contributed by atoms with Gasteiger partial charge in [-0.25, -0.2) is 9.97 Å². The van der Waals surface area contributed by atoms with Crippen LogP contribution in [0.4, 0.5) is 0 Å². The monoisotopic (exact) mass is 280 g/mol. The van der Waals surface area contributed by atoms with Crippen molar-refractivity contribution in [1.29, 1.82) is 0 Å². The summed E-state index contributed by atoms with van der Waals surface area (Å²) in [6.07, 6.45) is 7.48. The number of rotatable bonds is 6. The fourth-order valence-corrected chi connectivity index (χ4v) is 2.94. The minimum atomic E-state index is -0.458. The van der Waals surface area contributed by atoms with Crippen LogP contribution in [-0.4, -0.2) is 31.3 Å². The van der Waals surface area contributed by atoms with Gasteiger partial charge in [0.25, 0.3) is 0 Å². The topological polar surface area (TPSA) is 53.5 Å². The molecule has 0 N–H and O–H groups in total. The number of aromatic nitrogens is 2.